The minimum atomic E-state index is -4.32. The minimum absolute atomic E-state index is 0. The van der Waals surface area contributed by atoms with Crippen LogP contribution in [-0.4, -0.2) is 25.5 Å². The molecule has 0 aromatic heterocycles. The van der Waals surface area contributed by atoms with Gasteiger partial charge >= 0.3 is 6.18 Å². The third-order valence-electron chi connectivity index (χ3n) is 3.88. The predicted octanol–water partition coefficient (Wildman–Crippen LogP) is 3.33. The van der Waals surface area contributed by atoms with Crippen molar-refractivity contribution in [3.05, 3.63) is 70.8 Å². The van der Waals surface area contributed by atoms with E-state index in [0.717, 1.165) is 23.3 Å². The van der Waals surface area contributed by atoms with E-state index in [1.54, 1.807) is 25.2 Å². The summed E-state index contributed by atoms with van der Waals surface area (Å²) in [6.07, 6.45) is -3.77. The smallest absolute Gasteiger partial charge is 0.366 e. The maximum atomic E-state index is 12.6. The number of rotatable bonds is 6. The van der Waals surface area contributed by atoms with Gasteiger partial charge in [-0.05, 0) is 41.8 Å². The zero-order valence-corrected chi connectivity index (χ0v) is 17.5. The molecule has 4 N–H and O–H groups in total. The second-order valence-corrected chi connectivity index (χ2v) is 5.86. The van der Waals surface area contributed by atoms with Gasteiger partial charge in [-0.2, -0.15) is 13.2 Å². The van der Waals surface area contributed by atoms with Crippen molar-refractivity contribution in [1.82, 2.24) is 10.6 Å². The lowest BCUT2D eigenvalue weighted by atomic mass is 10.1. The van der Waals surface area contributed by atoms with Crippen LogP contribution in [-0.2, 0) is 19.1 Å². The summed E-state index contributed by atoms with van der Waals surface area (Å²) in [6, 6.07) is 12.0. The van der Waals surface area contributed by atoms with Crippen LogP contribution in [0.25, 0.3) is 0 Å². The van der Waals surface area contributed by atoms with Crippen LogP contribution in [0, 0.1) is 0 Å². The quantitative estimate of drug-likeness (QED) is 0.320. The van der Waals surface area contributed by atoms with Gasteiger partial charge in [0, 0.05) is 25.7 Å². The van der Waals surface area contributed by atoms with Crippen molar-refractivity contribution in [2.24, 2.45) is 10.7 Å². The van der Waals surface area contributed by atoms with Gasteiger partial charge in [-0.25, -0.2) is 0 Å². The summed E-state index contributed by atoms with van der Waals surface area (Å²) in [4.78, 5) is 15.3. The summed E-state index contributed by atoms with van der Waals surface area (Å²) in [7, 11) is 1.62. The fourth-order valence-electron chi connectivity index (χ4n) is 2.43. The highest BCUT2D eigenvalue weighted by atomic mass is 127. The van der Waals surface area contributed by atoms with Crippen LogP contribution in [0.5, 0.6) is 0 Å². The number of benzene rings is 2. The molecule has 28 heavy (non-hydrogen) atoms. The van der Waals surface area contributed by atoms with E-state index in [1.165, 1.54) is 12.1 Å². The van der Waals surface area contributed by atoms with Crippen LogP contribution in [0.15, 0.2) is 53.5 Å². The van der Waals surface area contributed by atoms with E-state index in [9.17, 15) is 18.0 Å². The molecule has 0 heterocycles. The summed E-state index contributed by atoms with van der Waals surface area (Å²) < 4.78 is 37.7. The Morgan fingerprint density at radius 2 is 1.75 bits per heavy atom. The number of aliphatic imine (C=N–C) groups is 1. The number of carbonyl (C=O) groups is 1. The molecule has 5 nitrogen and oxygen atoms in total. The molecule has 2 aromatic rings. The van der Waals surface area contributed by atoms with E-state index in [1.807, 2.05) is 6.07 Å². The molecule has 0 bridgehead atoms. The van der Waals surface area contributed by atoms with Crippen LogP contribution in [0.2, 0.25) is 0 Å². The molecule has 2 aromatic carbocycles. The van der Waals surface area contributed by atoms with E-state index < -0.39 is 17.6 Å². The Bertz CT molecular complexity index is 808. The van der Waals surface area contributed by atoms with Gasteiger partial charge in [0.1, 0.15) is 0 Å². The number of nitrogens with zero attached hydrogens (tertiary/aromatic N) is 1. The van der Waals surface area contributed by atoms with Gasteiger partial charge < -0.3 is 16.4 Å². The summed E-state index contributed by atoms with van der Waals surface area (Å²) >= 11 is 0. The standard InChI is InChI=1S/C19H21F3N4O.HI/c1-24-18(26-12-14-3-2-4-15(11-14)17(23)27)25-10-9-13-5-7-16(8-6-13)19(20,21)22;/h2-8,11H,9-10,12H2,1H3,(H2,23,27)(H2,24,25,26);1H. The molecule has 0 unspecified atom stereocenters. The maximum absolute atomic E-state index is 12.6. The number of amides is 1. The van der Waals surface area contributed by atoms with Crippen molar-refractivity contribution in [3.63, 3.8) is 0 Å². The Morgan fingerprint density at radius 1 is 1.07 bits per heavy atom. The van der Waals surface area contributed by atoms with E-state index in [0.29, 0.717) is 31.0 Å². The summed E-state index contributed by atoms with van der Waals surface area (Å²) in [5.41, 5.74) is 6.70. The molecule has 0 fully saturated rings. The number of guanidine groups is 1. The highest BCUT2D eigenvalue weighted by Gasteiger charge is 2.29. The Labute approximate surface area is 178 Å². The normalized spacial score (nSPS) is 11.5. The number of carbonyl (C=O) groups excluding carboxylic acids is 1. The molecular formula is C19H22F3IN4O. The predicted molar refractivity (Wildman–Crippen MR) is 114 cm³/mol. The third kappa shape index (κ3) is 7.37. The molecule has 0 atom stereocenters. The van der Waals surface area contributed by atoms with Crippen LogP contribution in [0.1, 0.15) is 27.0 Å². The van der Waals surface area contributed by atoms with E-state index in [-0.39, 0.29) is 24.0 Å². The zero-order chi connectivity index (χ0) is 19.9. The third-order valence-corrected chi connectivity index (χ3v) is 3.88. The van der Waals surface area contributed by atoms with Gasteiger partial charge in [-0.15, -0.1) is 24.0 Å². The van der Waals surface area contributed by atoms with Crippen LogP contribution < -0.4 is 16.4 Å². The Kier molecular flexibility index (Phi) is 9.23. The van der Waals surface area contributed by atoms with Gasteiger partial charge in [0.25, 0.3) is 0 Å². The molecule has 0 radical (unpaired) electrons. The molecule has 0 aliphatic rings. The lowest BCUT2D eigenvalue weighted by Crippen LogP contribution is -2.37. The van der Waals surface area contributed by atoms with E-state index in [2.05, 4.69) is 15.6 Å². The first-order valence-electron chi connectivity index (χ1n) is 8.29. The molecule has 0 saturated carbocycles. The second kappa shape index (κ2) is 10.9. The lowest BCUT2D eigenvalue weighted by Gasteiger charge is -2.13. The highest BCUT2D eigenvalue weighted by molar-refractivity contribution is 14.0. The number of nitrogens with one attached hydrogen (secondary N) is 2. The molecule has 2 rings (SSSR count). The van der Waals surface area contributed by atoms with E-state index in [4.69, 9.17) is 5.73 Å². The summed E-state index contributed by atoms with van der Waals surface area (Å²) in [5, 5.41) is 6.20. The van der Waals surface area contributed by atoms with Crippen molar-refractivity contribution >= 4 is 35.8 Å². The van der Waals surface area contributed by atoms with Gasteiger partial charge in [0.2, 0.25) is 5.91 Å². The molecule has 0 aliphatic carbocycles. The Balaban J connectivity index is 0.00000392. The topological polar surface area (TPSA) is 79.5 Å². The SMILES string of the molecule is CN=C(NCCc1ccc(C(F)(F)F)cc1)NCc1cccc(C(N)=O)c1.I. The summed E-state index contributed by atoms with van der Waals surface area (Å²) in [5.74, 6) is 0.0577. The first-order chi connectivity index (χ1) is 12.8. The Hall–Kier alpha value is -2.30. The molecular weight excluding hydrogens is 484 g/mol. The number of nitrogens with two attached hydrogens (primary N) is 1. The van der Waals surface area contributed by atoms with Gasteiger partial charge in [0.15, 0.2) is 5.96 Å². The minimum Gasteiger partial charge on any atom is -0.366 e. The Morgan fingerprint density at radius 3 is 2.32 bits per heavy atom. The fourth-order valence-corrected chi connectivity index (χ4v) is 2.43. The van der Waals surface area contributed by atoms with Crippen molar-refractivity contribution in [2.75, 3.05) is 13.6 Å². The number of halogens is 4. The molecule has 1 amide bonds. The molecule has 0 aliphatic heterocycles. The zero-order valence-electron chi connectivity index (χ0n) is 15.2. The van der Waals surface area contributed by atoms with Crippen molar-refractivity contribution in [3.8, 4) is 0 Å². The maximum Gasteiger partial charge on any atom is 0.416 e. The molecule has 152 valence electrons. The highest BCUT2D eigenvalue weighted by Crippen LogP contribution is 2.29. The average Bonchev–Trinajstić information content (AvgIpc) is 2.64. The summed E-state index contributed by atoms with van der Waals surface area (Å²) in [6.45, 7) is 0.952. The van der Waals surface area contributed by atoms with Crippen molar-refractivity contribution < 1.29 is 18.0 Å². The number of alkyl halides is 3. The fraction of sp³-hybridized carbons (Fsp3) is 0.263. The number of hydrogen-bond donors (Lipinski definition) is 3. The molecule has 9 heteroatoms. The van der Waals surface area contributed by atoms with Gasteiger partial charge in [-0.1, -0.05) is 24.3 Å². The average molecular weight is 506 g/mol. The first-order valence-corrected chi connectivity index (χ1v) is 8.29. The second-order valence-electron chi connectivity index (χ2n) is 5.86. The monoisotopic (exact) mass is 506 g/mol. The van der Waals surface area contributed by atoms with Gasteiger partial charge in [-0.3, -0.25) is 9.79 Å². The molecule has 0 spiro atoms. The van der Waals surface area contributed by atoms with Crippen molar-refractivity contribution in [2.45, 2.75) is 19.1 Å². The van der Waals surface area contributed by atoms with E-state index >= 15 is 0 Å². The number of hydrogen-bond acceptors (Lipinski definition) is 2. The number of primary amides is 1. The molecule has 0 saturated heterocycles. The first kappa shape index (κ1) is 23.7. The lowest BCUT2D eigenvalue weighted by molar-refractivity contribution is -0.137. The van der Waals surface area contributed by atoms with Crippen LogP contribution in [0.4, 0.5) is 13.2 Å². The van der Waals surface area contributed by atoms with Crippen LogP contribution >= 0.6 is 24.0 Å². The largest absolute Gasteiger partial charge is 0.416 e. The van der Waals surface area contributed by atoms with Crippen LogP contribution in [0.3, 0.4) is 0 Å². The van der Waals surface area contributed by atoms with Gasteiger partial charge in [0.05, 0.1) is 5.56 Å². The van der Waals surface area contributed by atoms with Crippen molar-refractivity contribution in [1.29, 1.82) is 0 Å².